The highest BCUT2D eigenvalue weighted by atomic mass is 35.5. The van der Waals surface area contributed by atoms with Gasteiger partial charge in [-0.1, -0.05) is 11.6 Å². The molecule has 0 spiro atoms. The third-order valence-electron chi connectivity index (χ3n) is 5.56. The van der Waals surface area contributed by atoms with E-state index in [0.29, 0.717) is 28.0 Å². The SMILES string of the molecule is COC(=O)c1cc(N)cc(Cl)c1NC1C2C3CCC(C3)C12. The van der Waals surface area contributed by atoms with Crippen molar-refractivity contribution in [3.8, 4) is 0 Å². The number of hydrogen-bond donors (Lipinski definition) is 2. The molecule has 0 aromatic heterocycles. The molecule has 0 heterocycles. The van der Waals surface area contributed by atoms with Crippen molar-refractivity contribution < 1.29 is 9.53 Å². The average Bonchev–Trinajstić information content (AvgIpc) is 2.84. The van der Waals surface area contributed by atoms with Crippen LogP contribution >= 0.6 is 11.6 Å². The third kappa shape index (κ3) is 1.92. The molecular formula is C16H19ClN2O2. The minimum Gasteiger partial charge on any atom is -0.465 e. The van der Waals surface area contributed by atoms with Gasteiger partial charge in [0, 0.05) is 11.7 Å². The Balaban J connectivity index is 1.62. The molecule has 4 atom stereocenters. The van der Waals surface area contributed by atoms with Crippen LogP contribution in [0.5, 0.6) is 0 Å². The van der Waals surface area contributed by atoms with Gasteiger partial charge < -0.3 is 15.8 Å². The van der Waals surface area contributed by atoms with Crippen LogP contribution in [-0.4, -0.2) is 19.1 Å². The van der Waals surface area contributed by atoms with Crippen molar-refractivity contribution in [2.45, 2.75) is 25.3 Å². The molecule has 1 aromatic rings. The maximum absolute atomic E-state index is 12.0. The number of carbonyl (C=O) groups excluding carboxylic acids is 1. The Morgan fingerprint density at radius 1 is 1.33 bits per heavy atom. The number of nitrogens with two attached hydrogens (primary N) is 1. The highest BCUT2D eigenvalue weighted by Crippen LogP contribution is 2.66. The zero-order valence-electron chi connectivity index (χ0n) is 11.9. The summed E-state index contributed by atoms with van der Waals surface area (Å²) >= 11 is 6.30. The van der Waals surface area contributed by atoms with Crippen molar-refractivity contribution in [2.24, 2.45) is 23.7 Å². The third-order valence-corrected chi connectivity index (χ3v) is 5.86. The van der Waals surface area contributed by atoms with Crippen LogP contribution in [-0.2, 0) is 4.74 Å². The molecule has 0 amide bonds. The smallest absolute Gasteiger partial charge is 0.340 e. The monoisotopic (exact) mass is 306 g/mol. The average molecular weight is 307 g/mol. The zero-order valence-corrected chi connectivity index (χ0v) is 12.7. The number of fused-ring (bicyclic) bond motifs is 5. The maximum atomic E-state index is 12.0. The summed E-state index contributed by atoms with van der Waals surface area (Å²) in [5.74, 6) is 2.87. The summed E-state index contributed by atoms with van der Waals surface area (Å²) in [5, 5.41) is 4.00. The summed E-state index contributed by atoms with van der Waals surface area (Å²) in [6, 6.07) is 3.77. The summed E-state index contributed by atoms with van der Waals surface area (Å²) in [5.41, 5.74) is 7.38. The molecule has 3 aliphatic carbocycles. The molecule has 0 aliphatic heterocycles. The van der Waals surface area contributed by atoms with Gasteiger partial charge in [0.25, 0.3) is 0 Å². The highest BCUT2D eigenvalue weighted by molar-refractivity contribution is 6.34. The number of methoxy groups -OCH3 is 1. The first-order chi connectivity index (χ1) is 10.1. The molecule has 0 saturated heterocycles. The van der Waals surface area contributed by atoms with Crippen LogP contribution in [0.3, 0.4) is 0 Å². The lowest BCUT2D eigenvalue weighted by molar-refractivity contribution is 0.0602. The van der Waals surface area contributed by atoms with Gasteiger partial charge in [-0.2, -0.15) is 0 Å². The van der Waals surface area contributed by atoms with E-state index in [-0.39, 0.29) is 0 Å². The number of halogens is 1. The van der Waals surface area contributed by atoms with Gasteiger partial charge >= 0.3 is 5.97 Å². The van der Waals surface area contributed by atoms with E-state index >= 15 is 0 Å². The van der Waals surface area contributed by atoms with Gasteiger partial charge in [0.1, 0.15) is 0 Å². The number of ether oxygens (including phenoxy) is 1. The molecule has 0 radical (unpaired) electrons. The van der Waals surface area contributed by atoms with Crippen LogP contribution in [0.2, 0.25) is 5.02 Å². The first-order valence-corrected chi connectivity index (χ1v) is 7.92. The number of hydrogen-bond acceptors (Lipinski definition) is 4. The van der Waals surface area contributed by atoms with E-state index in [4.69, 9.17) is 22.1 Å². The predicted octanol–water partition coefficient (Wildman–Crippen LogP) is 3.17. The summed E-state index contributed by atoms with van der Waals surface area (Å²) in [6.45, 7) is 0. The molecule has 5 heteroatoms. The topological polar surface area (TPSA) is 64.3 Å². The number of esters is 1. The standard InChI is InChI=1S/C16H19ClN2O2/c1-21-16(20)10-5-9(18)6-11(17)14(10)19-15-12-7-2-3-8(4-7)13(12)15/h5-8,12-13,15,19H,2-4,18H2,1H3. The Bertz CT molecular complexity index is 603. The lowest BCUT2D eigenvalue weighted by atomic mass is 10.0. The Morgan fingerprint density at radius 3 is 2.62 bits per heavy atom. The first kappa shape index (κ1) is 13.3. The predicted molar refractivity (Wildman–Crippen MR) is 82.4 cm³/mol. The summed E-state index contributed by atoms with van der Waals surface area (Å²) in [4.78, 5) is 12.0. The van der Waals surface area contributed by atoms with Crippen LogP contribution in [0.15, 0.2) is 12.1 Å². The fraction of sp³-hybridized carbons (Fsp3) is 0.562. The second-order valence-electron chi connectivity index (χ2n) is 6.57. The Kier molecular flexibility index (Phi) is 2.86. The summed E-state index contributed by atoms with van der Waals surface area (Å²) < 4.78 is 4.84. The number of benzene rings is 1. The van der Waals surface area contributed by atoms with Gasteiger partial charge in [-0.15, -0.1) is 0 Å². The van der Waals surface area contributed by atoms with Crippen LogP contribution in [0.4, 0.5) is 11.4 Å². The van der Waals surface area contributed by atoms with Gasteiger partial charge in [0.2, 0.25) is 0 Å². The van der Waals surface area contributed by atoms with Crippen molar-refractivity contribution in [2.75, 3.05) is 18.2 Å². The molecule has 2 bridgehead atoms. The molecule has 3 fully saturated rings. The Hall–Kier alpha value is -1.42. The second-order valence-corrected chi connectivity index (χ2v) is 6.98. The van der Waals surface area contributed by atoms with Gasteiger partial charge in [-0.25, -0.2) is 4.79 Å². The molecule has 4 nitrogen and oxygen atoms in total. The lowest BCUT2D eigenvalue weighted by Gasteiger charge is -2.16. The quantitative estimate of drug-likeness (QED) is 0.665. The Labute approximate surface area is 129 Å². The van der Waals surface area contributed by atoms with Crippen molar-refractivity contribution >= 4 is 28.9 Å². The Morgan fingerprint density at radius 2 is 2.00 bits per heavy atom. The zero-order chi connectivity index (χ0) is 14.7. The van der Waals surface area contributed by atoms with Crippen molar-refractivity contribution in [1.82, 2.24) is 0 Å². The van der Waals surface area contributed by atoms with Crippen molar-refractivity contribution in [3.63, 3.8) is 0 Å². The second kappa shape index (κ2) is 4.54. The molecule has 3 aliphatic rings. The van der Waals surface area contributed by atoms with Crippen LogP contribution in [0.25, 0.3) is 0 Å². The number of nitrogen functional groups attached to an aromatic ring is 1. The number of rotatable bonds is 3. The molecule has 4 rings (SSSR count). The van der Waals surface area contributed by atoms with Gasteiger partial charge in [0.15, 0.2) is 0 Å². The molecule has 3 saturated carbocycles. The van der Waals surface area contributed by atoms with Gasteiger partial charge in [0.05, 0.1) is 23.4 Å². The first-order valence-electron chi connectivity index (χ1n) is 7.54. The molecule has 3 N–H and O–H groups in total. The van der Waals surface area contributed by atoms with E-state index in [0.717, 1.165) is 23.7 Å². The summed E-state index contributed by atoms with van der Waals surface area (Å²) in [7, 11) is 1.37. The fourth-order valence-electron chi connectivity index (χ4n) is 4.73. The highest BCUT2D eigenvalue weighted by Gasteiger charge is 2.65. The van der Waals surface area contributed by atoms with Gasteiger partial charge in [-0.05, 0) is 55.1 Å². The number of carbonyl (C=O) groups is 1. The van der Waals surface area contributed by atoms with E-state index in [1.807, 2.05) is 0 Å². The van der Waals surface area contributed by atoms with Crippen molar-refractivity contribution in [1.29, 1.82) is 0 Å². The summed E-state index contributed by atoms with van der Waals surface area (Å²) in [6.07, 6.45) is 4.12. The van der Waals surface area contributed by atoms with Crippen LogP contribution in [0, 0.1) is 23.7 Å². The molecule has 112 valence electrons. The minimum atomic E-state index is -0.402. The molecule has 4 unspecified atom stereocenters. The fourth-order valence-corrected chi connectivity index (χ4v) is 5.01. The van der Waals surface area contributed by atoms with Crippen molar-refractivity contribution in [3.05, 3.63) is 22.7 Å². The van der Waals surface area contributed by atoms with E-state index in [2.05, 4.69) is 5.32 Å². The maximum Gasteiger partial charge on any atom is 0.340 e. The van der Waals surface area contributed by atoms with E-state index < -0.39 is 5.97 Å². The lowest BCUT2D eigenvalue weighted by Crippen LogP contribution is -2.16. The molecular weight excluding hydrogens is 288 g/mol. The van der Waals surface area contributed by atoms with Gasteiger partial charge in [-0.3, -0.25) is 0 Å². The molecule has 1 aromatic carbocycles. The van der Waals surface area contributed by atoms with E-state index in [1.165, 1.54) is 26.4 Å². The van der Waals surface area contributed by atoms with E-state index in [9.17, 15) is 4.79 Å². The number of nitrogens with one attached hydrogen (secondary N) is 1. The number of anilines is 2. The van der Waals surface area contributed by atoms with Crippen LogP contribution < -0.4 is 11.1 Å². The van der Waals surface area contributed by atoms with Crippen LogP contribution in [0.1, 0.15) is 29.6 Å². The minimum absolute atomic E-state index is 0.402. The molecule has 21 heavy (non-hydrogen) atoms. The largest absolute Gasteiger partial charge is 0.465 e. The normalized spacial score (nSPS) is 35.4. The van der Waals surface area contributed by atoms with E-state index in [1.54, 1.807) is 12.1 Å².